The number of nitrogens with zero attached hydrogens (tertiary/aromatic N) is 1. The number of rotatable bonds is 3. The van der Waals surface area contributed by atoms with E-state index < -0.39 is 0 Å². The third kappa shape index (κ3) is 5.06. The van der Waals surface area contributed by atoms with Crippen LogP contribution in [-0.4, -0.2) is 10.8 Å². The number of hydrogen-bond acceptors (Lipinski definition) is 2. The molecule has 1 heterocycles. The van der Waals surface area contributed by atoms with Crippen molar-refractivity contribution < 1.29 is 25.2 Å². The van der Waals surface area contributed by atoms with Crippen LogP contribution in [0.25, 0.3) is 6.08 Å². The van der Waals surface area contributed by atoms with Crippen molar-refractivity contribution in [3.63, 3.8) is 0 Å². The fraction of sp³-hybridized carbons (Fsp3) is 0. The summed E-state index contributed by atoms with van der Waals surface area (Å²) in [7, 11) is 0. The molecule has 0 aliphatic heterocycles. The van der Waals surface area contributed by atoms with Gasteiger partial charge in [0.1, 0.15) is 0 Å². The van der Waals surface area contributed by atoms with Crippen molar-refractivity contribution >= 4 is 27.8 Å². The molecule has 1 aromatic rings. The van der Waals surface area contributed by atoms with Crippen LogP contribution in [-0.2, 0) is 25.2 Å². The molecule has 0 aromatic carbocycles. The van der Waals surface area contributed by atoms with Crippen molar-refractivity contribution in [1.82, 2.24) is 4.98 Å². The second kappa shape index (κ2) is 7.99. The van der Waals surface area contributed by atoms with Crippen LogP contribution in [0.15, 0.2) is 70.7 Å². The Kier molecular flexibility index (Phi) is 6.63. The molecular formula is C15H10BrNORe. The summed E-state index contributed by atoms with van der Waals surface area (Å²) in [6, 6.07) is 1.90. The average Bonchev–Trinajstić information content (AvgIpc) is 2.65. The number of pyridine rings is 1. The van der Waals surface area contributed by atoms with Crippen LogP contribution in [0.2, 0.25) is 0 Å². The number of hydrogen-bond donors (Lipinski definition) is 0. The number of carbonyl (C=O) groups excluding carboxylic acids is 1. The minimum atomic E-state index is -0.0421. The van der Waals surface area contributed by atoms with Crippen LogP contribution in [0.4, 0.5) is 0 Å². The Morgan fingerprint density at radius 3 is 2.95 bits per heavy atom. The van der Waals surface area contributed by atoms with Gasteiger partial charge in [-0.1, -0.05) is 12.2 Å². The molecule has 1 aliphatic rings. The molecule has 0 bridgehead atoms. The summed E-state index contributed by atoms with van der Waals surface area (Å²) in [6.45, 7) is 0. The monoisotopic (exact) mass is 486 g/mol. The van der Waals surface area contributed by atoms with Gasteiger partial charge in [0, 0.05) is 42.9 Å². The Balaban J connectivity index is 0.00000180. The zero-order valence-corrected chi connectivity index (χ0v) is 14.2. The van der Waals surface area contributed by atoms with Gasteiger partial charge in [-0.2, -0.15) is 0 Å². The summed E-state index contributed by atoms with van der Waals surface area (Å²) in [5.41, 5.74) is 4.42. The summed E-state index contributed by atoms with van der Waals surface area (Å²) in [5, 5.41) is 0. The zero-order valence-electron chi connectivity index (χ0n) is 9.88. The van der Waals surface area contributed by atoms with Crippen molar-refractivity contribution in [2.45, 2.75) is 0 Å². The maximum Gasteiger partial charge on any atom is 0.185 e. The molecule has 0 unspecified atom stereocenters. The maximum absolute atomic E-state index is 11.9. The minimum Gasteiger partial charge on any atom is -0.289 e. The first kappa shape index (κ1) is 15.8. The van der Waals surface area contributed by atoms with Crippen LogP contribution < -0.4 is 0 Å². The normalized spacial score (nSPS) is 13.0. The average molecular weight is 486 g/mol. The van der Waals surface area contributed by atoms with Gasteiger partial charge in [-0.15, -0.1) is 5.73 Å². The molecular weight excluding hydrogens is 476 g/mol. The van der Waals surface area contributed by atoms with Crippen LogP contribution in [0, 0.1) is 0 Å². The Morgan fingerprint density at radius 1 is 1.32 bits per heavy atom. The van der Waals surface area contributed by atoms with E-state index in [0.717, 1.165) is 10.0 Å². The molecule has 1 aromatic heterocycles. The smallest absolute Gasteiger partial charge is 0.185 e. The van der Waals surface area contributed by atoms with Crippen molar-refractivity contribution in [1.29, 1.82) is 0 Å². The van der Waals surface area contributed by atoms with Crippen molar-refractivity contribution in [3.8, 4) is 0 Å². The SMILES string of the molecule is O=C(/C=C/c1cncc(Br)c1)C1=CC=C=CC=C1.[Re]. The van der Waals surface area contributed by atoms with Crippen LogP contribution in [0.1, 0.15) is 5.56 Å². The van der Waals surface area contributed by atoms with Gasteiger partial charge >= 0.3 is 0 Å². The zero-order chi connectivity index (χ0) is 12.8. The Labute approximate surface area is 134 Å². The van der Waals surface area contributed by atoms with Gasteiger partial charge in [-0.25, -0.2) is 0 Å². The number of allylic oxidation sites excluding steroid dienone is 6. The molecule has 2 rings (SSSR count). The van der Waals surface area contributed by atoms with E-state index in [1.807, 2.05) is 6.07 Å². The first-order valence-corrected chi connectivity index (χ1v) is 6.17. The van der Waals surface area contributed by atoms with Gasteiger partial charge in [0.05, 0.1) is 0 Å². The number of aromatic nitrogens is 1. The van der Waals surface area contributed by atoms with E-state index in [0.29, 0.717) is 5.57 Å². The van der Waals surface area contributed by atoms with Gasteiger partial charge in [-0.05, 0) is 57.9 Å². The standard InChI is InChI=1S/C15H10BrNO.Re/c16-14-9-12(10-17-11-14)7-8-15(18)13-5-3-1-2-4-6-13;/h1,3-11H;/b8-7+;. The number of carbonyl (C=O) groups is 1. The molecule has 4 heteroatoms. The number of ketones is 1. The molecule has 1 aliphatic carbocycles. The van der Waals surface area contributed by atoms with E-state index in [1.54, 1.807) is 54.9 Å². The van der Waals surface area contributed by atoms with Gasteiger partial charge in [0.15, 0.2) is 5.78 Å². The van der Waals surface area contributed by atoms with E-state index in [-0.39, 0.29) is 26.2 Å². The fourth-order valence-electron chi connectivity index (χ4n) is 1.41. The van der Waals surface area contributed by atoms with E-state index >= 15 is 0 Å². The van der Waals surface area contributed by atoms with Crippen LogP contribution >= 0.6 is 15.9 Å². The molecule has 0 spiro atoms. The topological polar surface area (TPSA) is 30.0 Å². The predicted molar refractivity (Wildman–Crippen MR) is 75.9 cm³/mol. The van der Waals surface area contributed by atoms with Crippen LogP contribution in [0.5, 0.6) is 0 Å². The minimum absolute atomic E-state index is 0. The van der Waals surface area contributed by atoms with Crippen molar-refractivity contribution in [2.75, 3.05) is 0 Å². The van der Waals surface area contributed by atoms with E-state index in [2.05, 4.69) is 26.6 Å². The van der Waals surface area contributed by atoms with E-state index in [1.165, 1.54) is 0 Å². The first-order chi connectivity index (χ1) is 8.75. The molecule has 0 amide bonds. The maximum atomic E-state index is 11.9. The largest absolute Gasteiger partial charge is 0.289 e. The number of halogens is 1. The molecule has 0 atom stereocenters. The van der Waals surface area contributed by atoms with Gasteiger partial charge < -0.3 is 0 Å². The summed E-state index contributed by atoms with van der Waals surface area (Å²) in [4.78, 5) is 15.9. The molecule has 19 heavy (non-hydrogen) atoms. The van der Waals surface area contributed by atoms with E-state index in [4.69, 9.17) is 0 Å². The van der Waals surface area contributed by atoms with Crippen LogP contribution in [0.3, 0.4) is 0 Å². The second-order valence-corrected chi connectivity index (χ2v) is 4.53. The third-order valence-electron chi connectivity index (χ3n) is 2.27. The van der Waals surface area contributed by atoms with Crippen molar-refractivity contribution in [3.05, 3.63) is 76.3 Å². The second-order valence-electron chi connectivity index (χ2n) is 3.62. The quantitative estimate of drug-likeness (QED) is 0.483. The fourth-order valence-corrected chi connectivity index (χ4v) is 1.79. The third-order valence-corrected chi connectivity index (χ3v) is 2.70. The van der Waals surface area contributed by atoms with Gasteiger partial charge in [0.2, 0.25) is 0 Å². The summed E-state index contributed by atoms with van der Waals surface area (Å²) in [6.07, 6.45) is 15.5. The molecule has 2 nitrogen and oxygen atoms in total. The first-order valence-electron chi connectivity index (χ1n) is 5.38. The Morgan fingerprint density at radius 2 is 2.16 bits per heavy atom. The van der Waals surface area contributed by atoms with Gasteiger partial charge in [0.25, 0.3) is 0 Å². The van der Waals surface area contributed by atoms with Gasteiger partial charge in [-0.3, -0.25) is 9.78 Å². The molecule has 0 fully saturated rings. The summed E-state index contributed by atoms with van der Waals surface area (Å²) in [5.74, 6) is -0.0421. The predicted octanol–water partition coefficient (Wildman–Crippen LogP) is 3.63. The Bertz CT molecular complexity index is 623. The molecule has 0 N–H and O–H groups in total. The Hall–Kier alpha value is -1.30. The molecule has 0 saturated heterocycles. The van der Waals surface area contributed by atoms with Crippen molar-refractivity contribution in [2.24, 2.45) is 0 Å². The summed E-state index contributed by atoms with van der Waals surface area (Å²) < 4.78 is 0.887. The molecule has 0 saturated carbocycles. The molecule has 1 radical (unpaired) electrons. The molecule has 95 valence electrons. The summed E-state index contributed by atoms with van der Waals surface area (Å²) >= 11 is 3.33. The van der Waals surface area contributed by atoms with E-state index in [9.17, 15) is 4.79 Å².